The average Bonchev–Trinajstić information content (AvgIpc) is 2.16. The fourth-order valence-electron chi connectivity index (χ4n) is 1.28. The minimum Gasteiger partial charge on any atom is -0.495 e. The van der Waals surface area contributed by atoms with Crippen LogP contribution in [0.2, 0.25) is 0 Å². The molecule has 1 aromatic carbocycles. The molecule has 0 spiro atoms. The number of carbonyl (C=O) groups is 1. The van der Waals surface area contributed by atoms with Gasteiger partial charge in [0.2, 0.25) is 0 Å². The molecule has 0 aromatic heterocycles. The third-order valence-corrected chi connectivity index (χ3v) is 1.82. The number of rotatable bonds is 3. The fraction of sp³-hybridized carbons (Fsp3) is 0.300. The molecule has 0 aliphatic heterocycles. The number of methoxy groups -OCH3 is 1. The van der Waals surface area contributed by atoms with Crippen LogP contribution < -0.4 is 9.64 Å². The quantitative estimate of drug-likeness (QED) is 0.660. The standard InChI is InChI=1S/C10H13NO2/c1-11(2)10-8(7-12)5-4-6-9(10)13-3/h4-7H,1-3H3. The van der Waals surface area contributed by atoms with Gasteiger partial charge in [-0.25, -0.2) is 0 Å². The maximum absolute atomic E-state index is 10.7. The number of aldehydes is 1. The summed E-state index contributed by atoms with van der Waals surface area (Å²) >= 11 is 0. The Morgan fingerprint density at radius 1 is 1.38 bits per heavy atom. The van der Waals surface area contributed by atoms with Gasteiger partial charge in [0.25, 0.3) is 0 Å². The molecule has 0 radical (unpaired) electrons. The molecule has 1 aromatic rings. The Labute approximate surface area is 77.9 Å². The first kappa shape index (κ1) is 9.58. The Morgan fingerprint density at radius 3 is 2.54 bits per heavy atom. The van der Waals surface area contributed by atoms with Gasteiger partial charge in [-0.1, -0.05) is 6.07 Å². The lowest BCUT2D eigenvalue weighted by atomic mass is 10.1. The van der Waals surface area contributed by atoms with Gasteiger partial charge in [0.15, 0.2) is 6.29 Å². The molecule has 0 aliphatic rings. The van der Waals surface area contributed by atoms with E-state index in [2.05, 4.69) is 0 Å². The minimum absolute atomic E-state index is 0.643. The Hall–Kier alpha value is -1.51. The van der Waals surface area contributed by atoms with Gasteiger partial charge in [-0.2, -0.15) is 0 Å². The van der Waals surface area contributed by atoms with Crippen LogP contribution in [0, 0.1) is 0 Å². The van der Waals surface area contributed by atoms with E-state index in [1.165, 1.54) is 0 Å². The summed E-state index contributed by atoms with van der Waals surface area (Å²) in [5.74, 6) is 0.717. The fourth-order valence-corrected chi connectivity index (χ4v) is 1.28. The molecule has 3 nitrogen and oxygen atoms in total. The monoisotopic (exact) mass is 179 g/mol. The molecule has 0 bridgehead atoms. The SMILES string of the molecule is COc1cccc(C=O)c1N(C)C. The minimum atomic E-state index is 0.643. The summed E-state index contributed by atoms with van der Waals surface area (Å²) in [5.41, 5.74) is 1.46. The number of anilines is 1. The zero-order valence-corrected chi connectivity index (χ0v) is 8.07. The van der Waals surface area contributed by atoms with E-state index in [1.54, 1.807) is 19.2 Å². The second-order valence-corrected chi connectivity index (χ2v) is 2.91. The number of carbonyl (C=O) groups excluding carboxylic acids is 1. The lowest BCUT2D eigenvalue weighted by Gasteiger charge is -2.18. The molecule has 0 aliphatic carbocycles. The van der Waals surface area contributed by atoms with Gasteiger partial charge in [-0.05, 0) is 12.1 Å². The van der Waals surface area contributed by atoms with Gasteiger partial charge in [0.1, 0.15) is 5.75 Å². The molecular formula is C10H13NO2. The first-order valence-electron chi connectivity index (χ1n) is 4.00. The molecule has 0 saturated heterocycles. The van der Waals surface area contributed by atoms with Crippen molar-refractivity contribution in [2.24, 2.45) is 0 Å². The summed E-state index contributed by atoms with van der Waals surface area (Å²) in [6.07, 6.45) is 0.831. The largest absolute Gasteiger partial charge is 0.495 e. The van der Waals surface area contributed by atoms with E-state index in [4.69, 9.17) is 4.74 Å². The predicted molar refractivity (Wildman–Crippen MR) is 52.7 cm³/mol. The summed E-state index contributed by atoms with van der Waals surface area (Å²) in [7, 11) is 5.35. The van der Waals surface area contributed by atoms with E-state index in [9.17, 15) is 4.79 Å². The molecule has 0 heterocycles. The van der Waals surface area contributed by atoms with Gasteiger partial charge >= 0.3 is 0 Å². The van der Waals surface area contributed by atoms with Crippen molar-refractivity contribution >= 4 is 12.0 Å². The maximum Gasteiger partial charge on any atom is 0.152 e. The van der Waals surface area contributed by atoms with Gasteiger partial charge in [-0.3, -0.25) is 4.79 Å². The van der Waals surface area contributed by atoms with E-state index in [-0.39, 0.29) is 0 Å². The van der Waals surface area contributed by atoms with Crippen LogP contribution in [-0.2, 0) is 0 Å². The topological polar surface area (TPSA) is 29.5 Å². The zero-order chi connectivity index (χ0) is 9.84. The molecule has 13 heavy (non-hydrogen) atoms. The average molecular weight is 179 g/mol. The third-order valence-electron chi connectivity index (χ3n) is 1.82. The summed E-state index contributed by atoms with van der Waals surface area (Å²) in [5, 5.41) is 0. The summed E-state index contributed by atoms with van der Waals surface area (Å²) < 4.78 is 5.15. The second kappa shape index (κ2) is 3.94. The number of nitrogens with zero attached hydrogens (tertiary/aromatic N) is 1. The highest BCUT2D eigenvalue weighted by molar-refractivity contribution is 5.87. The molecule has 1 rings (SSSR count). The Balaban J connectivity index is 3.29. The normalized spacial score (nSPS) is 9.46. The lowest BCUT2D eigenvalue weighted by Crippen LogP contribution is -2.12. The van der Waals surface area contributed by atoms with Crippen LogP contribution in [-0.4, -0.2) is 27.5 Å². The second-order valence-electron chi connectivity index (χ2n) is 2.91. The molecule has 70 valence electrons. The van der Waals surface area contributed by atoms with Crippen LogP contribution in [0.15, 0.2) is 18.2 Å². The van der Waals surface area contributed by atoms with Gasteiger partial charge in [0.05, 0.1) is 12.8 Å². The summed E-state index contributed by atoms with van der Waals surface area (Å²) in [4.78, 5) is 12.6. The molecule has 0 saturated carbocycles. The van der Waals surface area contributed by atoms with E-state index in [1.807, 2.05) is 25.1 Å². The highest BCUT2D eigenvalue weighted by Crippen LogP contribution is 2.29. The van der Waals surface area contributed by atoms with Gasteiger partial charge < -0.3 is 9.64 Å². The van der Waals surface area contributed by atoms with Crippen molar-refractivity contribution in [2.45, 2.75) is 0 Å². The highest BCUT2D eigenvalue weighted by Gasteiger charge is 2.09. The van der Waals surface area contributed by atoms with E-state index in [0.717, 1.165) is 17.7 Å². The molecule has 0 amide bonds. The van der Waals surface area contributed by atoms with Crippen molar-refractivity contribution in [3.63, 3.8) is 0 Å². The molecule has 0 atom stereocenters. The van der Waals surface area contributed by atoms with Crippen molar-refractivity contribution < 1.29 is 9.53 Å². The molecule has 0 N–H and O–H groups in total. The number of hydrogen-bond acceptors (Lipinski definition) is 3. The van der Waals surface area contributed by atoms with Crippen molar-refractivity contribution in [2.75, 3.05) is 26.1 Å². The number of ether oxygens (including phenoxy) is 1. The zero-order valence-electron chi connectivity index (χ0n) is 8.07. The molecular weight excluding hydrogens is 166 g/mol. The van der Waals surface area contributed by atoms with Crippen molar-refractivity contribution in [1.82, 2.24) is 0 Å². The molecule has 0 fully saturated rings. The Bertz CT molecular complexity index is 308. The van der Waals surface area contributed by atoms with Crippen LogP contribution >= 0.6 is 0 Å². The first-order valence-corrected chi connectivity index (χ1v) is 4.00. The molecule has 0 unspecified atom stereocenters. The Morgan fingerprint density at radius 2 is 2.08 bits per heavy atom. The maximum atomic E-state index is 10.7. The van der Waals surface area contributed by atoms with Crippen molar-refractivity contribution in [3.05, 3.63) is 23.8 Å². The van der Waals surface area contributed by atoms with Crippen LogP contribution in [0.5, 0.6) is 5.75 Å². The van der Waals surface area contributed by atoms with Gasteiger partial charge in [-0.15, -0.1) is 0 Å². The van der Waals surface area contributed by atoms with E-state index >= 15 is 0 Å². The summed E-state index contributed by atoms with van der Waals surface area (Å²) in [6, 6.07) is 5.41. The van der Waals surface area contributed by atoms with E-state index in [0.29, 0.717) is 5.56 Å². The van der Waals surface area contributed by atoms with Gasteiger partial charge in [0, 0.05) is 19.7 Å². The lowest BCUT2D eigenvalue weighted by molar-refractivity contribution is 0.112. The predicted octanol–water partition coefficient (Wildman–Crippen LogP) is 1.57. The van der Waals surface area contributed by atoms with E-state index < -0.39 is 0 Å². The Kier molecular flexibility index (Phi) is 2.90. The van der Waals surface area contributed by atoms with Crippen molar-refractivity contribution in [3.8, 4) is 5.75 Å². The summed E-state index contributed by atoms with van der Waals surface area (Å²) in [6.45, 7) is 0. The molecule has 3 heteroatoms. The van der Waals surface area contributed by atoms with Crippen LogP contribution in [0.1, 0.15) is 10.4 Å². The number of hydrogen-bond donors (Lipinski definition) is 0. The van der Waals surface area contributed by atoms with Crippen LogP contribution in [0.25, 0.3) is 0 Å². The first-order chi connectivity index (χ1) is 6.20. The smallest absolute Gasteiger partial charge is 0.152 e. The highest BCUT2D eigenvalue weighted by atomic mass is 16.5. The van der Waals surface area contributed by atoms with Crippen LogP contribution in [0.3, 0.4) is 0 Å². The number of para-hydroxylation sites is 1. The number of benzene rings is 1. The van der Waals surface area contributed by atoms with Crippen LogP contribution in [0.4, 0.5) is 5.69 Å². The van der Waals surface area contributed by atoms with Crippen molar-refractivity contribution in [1.29, 1.82) is 0 Å². The third kappa shape index (κ3) is 1.80.